The van der Waals surface area contributed by atoms with Crippen molar-refractivity contribution in [1.29, 1.82) is 0 Å². The van der Waals surface area contributed by atoms with E-state index in [0.29, 0.717) is 0 Å². The molecule has 2 aliphatic heterocycles. The predicted octanol–water partition coefficient (Wildman–Crippen LogP) is 5.13. The minimum Gasteiger partial charge on any atom is -0.497 e. The van der Waals surface area contributed by atoms with E-state index >= 15 is 0 Å². The molecular weight excluding hydrogens is 380 g/mol. The lowest BCUT2D eigenvalue weighted by molar-refractivity contribution is -0.0223. The maximum absolute atomic E-state index is 6.24. The second-order valence-electron chi connectivity index (χ2n) is 6.42. The molecule has 0 aromatic heterocycles. The van der Waals surface area contributed by atoms with Crippen LogP contribution < -0.4 is 9.47 Å². The van der Waals surface area contributed by atoms with Gasteiger partial charge in [-0.15, -0.1) is 0 Å². The van der Waals surface area contributed by atoms with Gasteiger partial charge in [-0.1, -0.05) is 41.4 Å². The van der Waals surface area contributed by atoms with Crippen molar-refractivity contribution >= 4 is 21.6 Å². The Morgan fingerprint density at radius 3 is 2.96 bits per heavy atom. The van der Waals surface area contributed by atoms with Crippen molar-refractivity contribution in [2.75, 3.05) is 7.11 Å². The molecule has 0 amide bonds. The van der Waals surface area contributed by atoms with Crippen molar-refractivity contribution in [2.45, 2.75) is 38.5 Å². The molecule has 0 fully saturated rings. The Balaban J connectivity index is 1.72. The molecule has 0 saturated carbocycles. The topological polar surface area (TPSA) is 34.1 Å². The van der Waals surface area contributed by atoms with Crippen LogP contribution in [-0.4, -0.2) is 24.1 Å². The van der Waals surface area contributed by atoms with Crippen molar-refractivity contribution in [3.8, 4) is 11.5 Å². The maximum atomic E-state index is 6.24. The molecule has 4 nitrogen and oxygen atoms in total. The summed E-state index contributed by atoms with van der Waals surface area (Å²) in [5.41, 5.74) is 3.39. The fourth-order valence-corrected chi connectivity index (χ4v) is 3.93. The van der Waals surface area contributed by atoms with Gasteiger partial charge in [-0.25, -0.2) is 0 Å². The molecule has 0 N–H and O–H groups in total. The average Bonchev–Trinajstić information content (AvgIpc) is 3.08. The minimum atomic E-state index is -0.00761. The van der Waals surface area contributed by atoms with E-state index in [1.807, 2.05) is 18.2 Å². The maximum Gasteiger partial charge on any atom is 0.187 e. The van der Waals surface area contributed by atoms with Crippen molar-refractivity contribution in [1.82, 2.24) is 5.01 Å². The van der Waals surface area contributed by atoms with E-state index in [4.69, 9.17) is 14.6 Å². The van der Waals surface area contributed by atoms with Crippen LogP contribution in [0.4, 0.5) is 0 Å². The molecule has 2 atom stereocenters. The Morgan fingerprint density at radius 2 is 2.16 bits per heavy atom. The number of halogens is 1. The molecule has 5 heteroatoms. The normalized spacial score (nSPS) is 21.2. The average molecular weight is 401 g/mol. The largest absolute Gasteiger partial charge is 0.497 e. The van der Waals surface area contributed by atoms with Gasteiger partial charge in [0.25, 0.3) is 0 Å². The summed E-state index contributed by atoms with van der Waals surface area (Å²) in [6.45, 7) is 2.18. The van der Waals surface area contributed by atoms with E-state index in [1.165, 1.54) is 5.56 Å². The van der Waals surface area contributed by atoms with Crippen molar-refractivity contribution < 1.29 is 9.47 Å². The van der Waals surface area contributed by atoms with Crippen molar-refractivity contribution in [2.24, 2.45) is 5.10 Å². The van der Waals surface area contributed by atoms with E-state index < -0.39 is 0 Å². The first-order valence-corrected chi connectivity index (χ1v) is 9.45. The van der Waals surface area contributed by atoms with Crippen LogP contribution in [0.15, 0.2) is 52.0 Å². The molecule has 0 bridgehead atoms. The summed E-state index contributed by atoms with van der Waals surface area (Å²) in [7, 11) is 1.69. The van der Waals surface area contributed by atoms with Crippen molar-refractivity contribution in [3.05, 3.63) is 58.1 Å². The second kappa shape index (κ2) is 6.71. The van der Waals surface area contributed by atoms with Gasteiger partial charge in [0.2, 0.25) is 0 Å². The van der Waals surface area contributed by atoms with Gasteiger partial charge < -0.3 is 9.47 Å². The third kappa shape index (κ3) is 3.01. The molecule has 25 heavy (non-hydrogen) atoms. The molecule has 0 saturated heterocycles. The third-order valence-corrected chi connectivity index (χ3v) is 5.26. The fourth-order valence-electron chi connectivity index (χ4n) is 3.55. The van der Waals surface area contributed by atoms with Crippen LogP contribution in [0.1, 0.15) is 43.4 Å². The zero-order valence-corrected chi connectivity index (χ0v) is 16.0. The molecule has 2 aromatic rings. The molecule has 130 valence electrons. The molecule has 2 aromatic carbocycles. The van der Waals surface area contributed by atoms with E-state index in [2.05, 4.69) is 52.1 Å². The molecule has 4 rings (SSSR count). The highest BCUT2D eigenvalue weighted by Gasteiger charge is 2.39. The van der Waals surface area contributed by atoms with E-state index in [9.17, 15) is 0 Å². The summed E-state index contributed by atoms with van der Waals surface area (Å²) in [4.78, 5) is 0. The second-order valence-corrected chi connectivity index (χ2v) is 7.34. The Morgan fingerprint density at radius 1 is 1.28 bits per heavy atom. The number of hydrogen-bond acceptors (Lipinski definition) is 4. The summed E-state index contributed by atoms with van der Waals surface area (Å²) >= 11 is 3.58. The van der Waals surface area contributed by atoms with Gasteiger partial charge in [-0.2, -0.15) is 5.10 Å². The Labute approximate surface area is 156 Å². The summed E-state index contributed by atoms with van der Waals surface area (Å²) in [6.07, 6.45) is 2.89. The first-order chi connectivity index (χ1) is 12.2. The first-order valence-electron chi connectivity index (χ1n) is 8.66. The zero-order chi connectivity index (χ0) is 17.4. The SMILES string of the molecule is CCC[C@H]1Oc2ccc(Br)cc2[C@H]2CC(c3cccc(OC)c3)=NN21. The Kier molecular flexibility index (Phi) is 4.42. The summed E-state index contributed by atoms with van der Waals surface area (Å²) < 4.78 is 12.7. The lowest BCUT2D eigenvalue weighted by atomic mass is 9.96. The molecule has 0 spiro atoms. The van der Waals surface area contributed by atoms with Crippen LogP contribution in [0, 0.1) is 0 Å². The number of ether oxygens (including phenoxy) is 2. The summed E-state index contributed by atoms with van der Waals surface area (Å²) in [5.74, 6) is 1.83. The Hall–Kier alpha value is -2.01. The summed E-state index contributed by atoms with van der Waals surface area (Å²) in [6, 6.07) is 14.6. The number of nitrogens with zero attached hydrogens (tertiary/aromatic N) is 2. The molecular formula is C20H21BrN2O2. The minimum absolute atomic E-state index is 0.00761. The Bertz CT molecular complexity index is 821. The van der Waals surface area contributed by atoms with Crippen LogP contribution in [0.3, 0.4) is 0 Å². The van der Waals surface area contributed by atoms with Gasteiger partial charge in [0, 0.05) is 28.4 Å². The standard InChI is InChI=1S/C20H21BrN2O2/c1-3-5-20-23-18(16-11-14(21)8-9-19(16)25-20)12-17(22-23)13-6-4-7-15(10-13)24-2/h4,6-11,18,20H,3,5,12H2,1-2H3/t18-,20-/m1/s1. The van der Waals surface area contributed by atoms with E-state index in [1.54, 1.807) is 7.11 Å². The molecule has 2 heterocycles. The number of hydrazone groups is 1. The highest BCUT2D eigenvalue weighted by molar-refractivity contribution is 9.10. The van der Waals surface area contributed by atoms with E-state index in [-0.39, 0.29) is 12.3 Å². The zero-order valence-electron chi connectivity index (χ0n) is 14.4. The van der Waals surface area contributed by atoms with Gasteiger partial charge in [0.15, 0.2) is 6.23 Å². The van der Waals surface area contributed by atoms with Gasteiger partial charge >= 0.3 is 0 Å². The molecule has 2 aliphatic rings. The third-order valence-electron chi connectivity index (χ3n) is 4.77. The van der Waals surface area contributed by atoms with Crippen LogP contribution in [0.5, 0.6) is 11.5 Å². The van der Waals surface area contributed by atoms with Crippen LogP contribution in [0.25, 0.3) is 0 Å². The number of fused-ring (bicyclic) bond motifs is 3. The lowest BCUT2D eigenvalue weighted by Crippen LogP contribution is -2.40. The highest BCUT2D eigenvalue weighted by Crippen LogP contribution is 2.44. The monoisotopic (exact) mass is 400 g/mol. The summed E-state index contributed by atoms with van der Waals surface area (Å²) in [5, 5.41) is 7.08. The first kappa shape index (κ1) is 16.5. The highest BCUT2D eigenvalue weighted by atomic mass is 79.9. The molecule has 0 radical (unpaired) electrons. The predicted molar refractivity (Wildman–Crippen MR) is 102 cm³/mol. The number of rotatable bonds is 4. The van der Waals surface area contributed by atoms with E-state index in [0.717, 1.165) is 46.5 Å². The quantitative estimate of drug-likeness (QED) is 0.713. The van der Waals surface area contributed by atoms with Crippen LogP contribution >= 0.6 is 15.9 Å². The molecule has 0 aliphatic carbocycles. The van der Waals surface area contributed by atoms with Crippen LogP contribution in [-0.2, 0) is 0 Å². The number of methoxy groups -OCH3 is 1. The number of benzene rings is 2. The number of hydrogen-bond donors (Lipinski definition) is 0. The lowest BCUT2D eigenvalue weighted by Gasteiger charge is -2.38. The van der Waals surface area contributed by atoms with Crippen molar-refractivity contribution in [3.63, 3.8) is 0 Å². The fraction of sp³-hybridized carbons (Fsp3) is 0.350. The van der Waals surface area contributed by atoms with Gasteiger partial charge in [0.05, 0.1) is 18.9 Å². The van der Waals surface area contributed by atoms with Gasteiger partial charge in [-0.3, -0.25) is 5.01 Å². The van der Waals surface area contributed by atoms with Gasteiger partial charge in [0.1, 0.15) is 11.5 Å². The van der Waals surface area contributed by atoms with Gasteiger partial charge in [-0.05, 0) is 30.3 Å². The molecule has 0 unspecified atom stereocenters. The van der Waals surface area contributed by atoms with Crippen LogP contribution in [0.2, 0.25) is 0 Å². The smallest absolute Gasteiger partial charge is 0.187 e.